The number of nitrogens with zero attached hydrogens (tertiary/aromatic N) is 1. The molecule has 3 heteroatoms. The van der Waals surface area contributed by atoms with Crippen molar-refractivity contribution in [2.24, 2.45) is 0 Å². The van der Waals surface area contributed by atoms with Crippen LogP contribution in [0.25, 0.3) is 0 Å². The first-order chi connectivity index (χ1) is 8.54. The Hall–Kier alpha value is -1.35. The van der Waals surface area contributed by atoms with Crippen molar-refractivity contribution in [2.75, 3.05) is 19.8 Å². The van der Waals surface area contributed by atoms with Crippen molar-refractivity contribution in [3.63, 3.8) is 0 Å². The third-order valence-corrected chi connectivity index (χ3v) is 3.50. The van der Waals surface area contributed by atoms with Gasteiger partial charge in [-0.05, 0) is 38.0 Å². The Labute approximate surface area is 109 Å². The van der Waals surface area contributed by atoms with Gasteiger partial charge in [-0.1, -0.05) is 19.1 Å². The van der Waals surface area contributed by atoms with Gasteiger partial charge in [-0.2, -0.15) is 0 Å². The van der Waals surface area contributed by atoms with Gasteiger partial charge in [-0.25, -0.2) is 0 Å². The fraction of sp³-hybridized carbons (Fsp3) is 0.533. The highest BCUT2D eigenvalue weighted by atomic mass is 16.5. The summed E-state index contributed by atoms with van der Waals surface area (Å²) in [5.41, 5.74) is 1.80. The number of amides is 1. The summed E-state index contributed by atoms with van der Waals surface area (Å²) in [4.78, 5) is 14.4. The third-order valence-electron chi connectivity index (χ3n) is 3.50. The summed E-state index contributed by atoms with van der Waals surface area (Å²) in [5.74, 6) is 0.103. The fourth-order valence-electron chi connectivity index (χ4n) is 2.27. The first-order valence-corrected chi connectivity index (χ1v) is 6.53. The Morgan fingerprint density at radius 1 is 1.33 bits per heavy atom. The van der Waals surface area contributed by atoms with Crippen LogP contribution in [-0.2, 0) is 11.2 Å². The summed E-state index contributed by atoms with van der Waals surface area (Å²) in [5, 5.41) is 0. The monoisotopic (exact) mass is 247 g/mol. The Balaban J connectivity index is 2.19. The molecule has 1 saturated heterocycles. The smallest absolute Gasteiger partial charge is 0.254 e. The van der Waals surface area contributed by atoms with E-state index in [1.807, 2.05) is 43.0 Å². The van der Waals surface area contributed by atoms with Crippen molar-refractivity contribution < 1.29 is 9.53 Å². The minimum absolute atomic E-state index is 0.103. The first kappa shape index (κ1) is 13.1. The van der Waals surface area contributed by atoms with E-state index in [0.29, 0.717) is 19.8 Å². The van der Waals surface area contributed by atoms with Crippen LogP contribution in [0.1, 0.15) is 36.7 Å². The molecule has 0 spiro atoms. The van der Waals surface area contributed by atoms with Crippen molar-refractivity contribution in [1.82, 2.24) is 4.90 Å². The summed E-state index contributed by atoms with van der Waals surface area (Å²) in [6.07, 6.45) is 0.998. The van der Waals surface area contributed by atoms with Gasteiger partial charge in [0.1, 0.15) is 0 Å². The number of ether oxygens (including phenoxy) is 1. The fourth-order valence-corrected chi connectivity index (χ4v) is 2.27. The maximum Gasteiger partial charge on any atom is 0.254 e. The molecule has 0 unspecified atom stereocenters. The predicted molar refractivity (Wildman–Crippen MR) is 71.8 cm³/mol. The maximum absolute atomic E-state index is 12.5. The SMILES string of the molecule is CCc1ccc(C(=O)N2CCOCC2(C)C)cc1. The predicted octanol–water partition coefficient (Wildman–Crippen LogP) is 2.50. The highest BCUT2D eigenvalue weighted by Crippen LogP contribution is 2.21. The van der Waals surface area contributed by atoms with Gasteiger partial charge in [0.2, 0.25) is 0 Å². The molecule has 3 nitrogen and oxygen atoms in total. The summed E-state index contributed by atoms with van der Waals surface area (Å²) in [6.45, 7) is 8.10. The minimum Gasteiger partial charge on any atom is -0.377 e. The Morgan fingerprint density at radius 2 is 2.00 bits per heavy atom. The van der Waals surface area contributed by atoms with E-state index >= 15 is 0 Å². The number of hydrogen-bond acceptors (Lipinski definition) is 2. The van der Waals surface area contributed by atoms with Gasteiger partial charge in [-0.15, -0.1) is 0 Å². The molecule has 0 aliphatic carbocycles. The highest BCUT2D eigenvalue weighted by Gasteiger charge is 2.34. The molecule has 1 aliphatic heterocycles. The second-order valence-corrected chi connectivity index (χ2v) is 5.37. The van der Waals surface area contributed by atoms with Gasteiger partial charge in [0.15, 0.2) is 0 Å². The Kier molecular flexibility index (Phi) is 3.71. The number of carbonyl (C=O) groups is 1. The lowest BCUT2D eigenvalue weighted by Crippen LogP contribution is -2.55. The van der Waals surface area contributed by atoms with E-state index < -0.39 is 0 Å². The Morgan fingerprint density at radius 3 is 2.56 bits per heavy atom. The lowest BCUT2D eigenvalue weighted by atomic mass is 10.0. The van der Waals surface area contributed by atoms with Crippen molar-refractivity contribution in [1.29, 1.82) is 0 Å². The second kappa shape index (κ2) is 5.11. The average molecular weight is 247 g/mol. The van der Waals surface area contributed by atoms with E-state index in [1.54, 1.807) is 0 Å². The molecule has 1 heterocycles. The minimum atomic E-state index is -0.223. The van der Waals surface area contributed by atoms with Crippen LogP contribution in [0.2, 0.25) is 0 Å². The molecular weight excluding hydrogens is 226 g/mol. The van der Waals surface area contributed by atoms with Crippen LogP contribution in [-0.4, -0.2) is 36.1 Å². The van der Waals surface area contributed by atoms with Crippen molar-refractivity contribution in [3.05, 3.63) is 35.4 Å². The summed E-state index contributed by atoms with van der Waals surface area (Å²) >= 11 is 0. The van der Waals surface area contributed by atoms with Crippen LogP contribution in [0, 0.1) is 0 Å². The third kappa shape index (κ3) is 2.56. The molecule has 1 fully saturated rings. The molecule has 0 atom stereocenters. The number of aryl methyl sites for hydroxylation is 1. The molecule has 1 aliphatic rings. The first-order valence-electron chi connectivity index (χ1n) is 6.53. The molecule has 1 aromatic carbocycles. The van der Waals surface area contributed by atoms with E-state index in [9.17, 15) is 4.79 Å². The molecule has 1 amide bonds. The van der Waals surface area contributed by atoms with Crippen molar-refractivity contribution in [3.8, 4) is 0 Å². The van der Waals surface area contributed by atoms with Crippen LogP contribution in [0.4, 0.5) is 0 Å². The van der Waals surface area contributed by atoms with Gasteiger partial charge >= 0.3 is 0 Å². The standard InChI is InChI=1S/C15H21NO2/c1-4-12-5-7-13(8-6-12)14(17)16-9-10-18-11-15(16,2)3/h5-8H,4,9-11H2,1-3H3. The second-order valence-electron chi connectivity index (χ2n) is 5.37. The molecule has 0 radical (unpaired) electrons. The van der Waals surface area contributed by atoms with Gasteiger partial charge < -0.3 is 9.64 Å². The zero-order valence-electron chi connectivity index (χ0n) is 11.4. The number of rotatable bonds is 2. The van der Waals surface area contributed by atoms with Crippen LogP contribution in [0.5, 0.6) is 0 Å². The molecule has 0 N–H and O–H groups in total. The van der Waals surface area contributed by atoms with E-state index in [1.165, 1.54) is 5.56 Å². The van der Waals surface area contributed by atoms with E-state index in [2.05, 4.69) is 6.92 Å². The molecule has 2 rings (SSSR count). The van der Waals surface area contributed by atoms with Crippen LogP contribution < -0.4 is 0 Å². The summed E-state index contributed by atoms with van der Waals surface area (Å²) in [6, 6.07) is 7.90. The molecule has 0 bridgehead atoms. The van der Waals surface area contributed by atoms with E-state index in [4.69, 9.17) is 4.74 Å². The van der Waals surface area contributed by atoms with Crippen LogP contribution >= 0.6 is 0 Å². The lowest BCUT2D eigenvalue weighted by molar-refractivity contribution is -0.0370. The quantitative estimate of drug-likeness (QED) is 0.803. The van der Waals surface area contributed by atoms with Crippen molar-refractivity contribution >= 4 is 5.91 Å². The number of morpholine rings is 1. The topological polar surface area (TPSA) is 29.5 Å². The summed E-state index contributed by atoms with van der Waals surface area (Å²) in [7, 11) is 0. The Bertz CT molecular complexity index is 423. The van der Waals surface area contributed by atoms with Gasteiger partial charge in [-0.3, -0.25) is 4.79 Å². The van der Waals surface area contributed by atoms with E-state index in [-0.39, 0.29) is 11.4 Å². The van der Waals surface area contributed by atoms with Gasteiger partial charge in [0.05, 0.1) is 18.8 Å². The molecule has 1 aromatic rings. The molecule has 0 aromatic heterocycles. The zero-order chi connectivity index (χ0) is 13.2. The molecule has 0 saturated carbocycles. The van der Waals surface area contributed by atoms with E-state index in [0.717, 1.165) is 12.0 Å². The molecule has 98 valence electrons. The average Bonchev–Trinajstić information content (AvgIpc) is 2.37. The maximum atomic E-state index is 12.5. The summed E-state index contributed by atoms with van der Waals surface area (Å²) < 4.78 is 5.44. The molecular formula is C15H21NO2. The molecule has 18 heavy (non-hydrogen) atoms. The van der Waals surface area contributed by atoms with Crippen LogP contribution in [0.15, 0.2) is 24.3 Å². The van der Waals surface area contributed by atoms with Gasteiger partial charge in [0.25, 0.3) is 5.91 Å². The number of hydrogen-bond donors (Lipinski definition) is 0. The normalized spacial score (nSPS) is 18.7. The van der Waals surface area contributed by atoms with Crippen LogP contribution in [0.3, 0.4) is 0 Å². The van der Waals surface area contributed by atoms with Crippen molar-refractivity contribution in [2.45, 2.75) is 32.7 Å². The van der Waals surface area contributed by atoms with Gasteiger partial charge in [0, 0.05) is 12.1 Å². The number of benzene rings is 1. The zero-order valence-corrected chi connectivity index (χ0v) is 11.4. The largest absolute Gasteiger partial charge is 0.377 e. The lowest BCUT2D eigenvalue weighted by Gasteiger charge is -2.42. The highest BCUT2D eigenvalue weighted by molar-refractivity contribution is 5.94. The number of carbonyl (C=O) groups excluding carboxylic acids is 1.